The van der Waals surface area contributed by atoms with Gasteiger partial charge in [0.25, 0.3) is 10.1 Å². The van der Waals surface area contributed by atoms with E-state index in [-0.39, 0.29) is 46.1 Å². The smallest absolute Gasteiger partial charge is 0.425 e. The minimum absolute atomic E-state index is 0.0205. The standard InChI is InChI=1S/C34H40N2O4.C28H30N2O2.C3H6O3S.6O3S/c1-6-11-30(37)27-20-25(21-28(35-27)31(38)12-7-2)23-14-16-26-24(19-23)15-17-29-33(26)34(4,5)22(3)36(29)18-10-8-9-13-32(39)40;1-6-8-25(31)23-15-20(16-24(30-23)26(32)9-7-2)18-10-12-21-19(14-18)11-13-22-27(21)28(4,5)17(3)29-22;4-7(5)3-1-2-6-7;6*1-4(2)3/h14-17,19-21H,6-13,18H2,1-5H3;10-16H,6-9H2,1-5H3;1-3H2;;;;;;/p+1. The molecule has 3 aliphatic rings. The molecule has 103 heavy (non-hydrogen) atoms. The Labute approximate surface area is 603 Å². The van der Waals surface area contributed by atoms with Crippen LogP contribution in [0.5, 0.6) is 0 Å². The summed E-state index contributed by atoms with van der Waals surface area (Å²) < 4.78 is 179. The summed E-state index contributed by atoms with van der Waals surface area (Å²) in [6, 6.07) is 28.6. The predicted molar refractivity (Wildman–Crippen MR) is 374 cm³/mol. The number of nitrogens with zero attached hydrogens (tertiary/aromatic N) is 4. The Morgan fingerprint density at radius 3 is 1.15 bits per heavy atom. The minimum Gasteiger partial charge on any atom is -0.481 e. The molecule has 0 bridgehead atoms. The van der Waals surface area contributed by atoms with E-state index < -0.39 is 79.7 Å². The lowest BCUT2D eigenvalue weighted by atomic mass is 9.79. The van der Waals surface area contributed by atoms with Crippen LogP contribution in [0.1, 0.15) is 206 Å². The number of aliphatic carboxylic acids is 1. The number of ketones is 4. The lowest BCUT2D eigenvalue weighted by Crippen LogP contribution is -2.26. The van der Waals surface area contributed by atoms with Crippen LogP contribution in [0.2, 0.25) is 0 Å². The number of fused-ring (bicyclic) bond motifs is 6. The number of benzene rings is 4. The van der Waals surface area contributed by atoms with Gasteiger partial charge in [-0.25, -0.2) is 9.97 Å². The molecular weight excluding hydrogens is 1490 g/mol. The molecule has 0 aliphatic carbocycles. The molecule has 6 aromatic rings. The third-order valence-electron chi connectivity index (χ3n) is 15.5. The fraction of sp³-hybridized carbons (Fsp3) is 0.431. The van der Waals surface area contributed by atoms with Crippen LogP contribution in [0, 0.1) is 0 Å². The van der Waals surface area contributed by atoms with Gasteiger partial charge in [-0.2, -0.15) is 13.0 Å². The summed E-state index contributed by atoms with van der Waals surface area (Å²) in [6.07, 6.45) is 8.04. The van der Waals surface area contributed by atoms with Crippen molar-refractivity contribution in [2.45, 2.75) is 164 Å². The number of hydrogen-bond acceptors (Lipinski definition) is 29. The molecule has 2 aromatic heterocycles. The Morgan fingerprint density at radius 2 is 0.825 bits per heavy atom. The number of rotatable bonds is 20. The number of unbranched alkanes of at least 4 members (excludes halogenated alkanes) is 2. The van der Waals surface area contributed by atoms with E-state index in [1.54, 1.807) is 0 Å². The summed E-state index contributed by atoms with van der Waals surface area (Å²) in [7, 11) is -21.7. The van der Waals surface area contributed by atoms with Crippen molar-refractivity contribution < 1.29 is 122 Å². The van der Waals surface area contributed by atoms with Crippen LogP contribution in [-0.4, -0.2) is 163 Å². The van der Waals surface area contributed by atoms with Crippen molar-refractivity contribution in [1.29, 1.82) is 0 Å². The van der Waals surface area contributed by atoms with Gasteiger partial charge in [0.1, 0.15) is 29.3 Å². The van der Waals surface area contributed by atoms with Crippen LogP contribution in [-0.2, 0) is 93.6 Å². The molecule has 4 aromatic carbocycles. The zero-order chi connectivity index (χ0) is 78.9. The molecule has 5 heterocycles. The molecule has 0 unspecified atom stereocenters. The van der Waals surface area contributed by atoms with Crippen LogP contribution < -0.4 is 0 Å². The highest BCUT2D eigenvalue weighted by Crippen LogP contribution is 2.46. The Morgan fingerprint density at radius 1 is 0.466 bits per heavy atom. The van der Waals surface area contributed by atoms with E-state index in [4.69, 9.17) is 85.9 Å². The highest BCUT2D eigenvalue weighted by Gasteiger charge is 2.44. The highest BCUT2D eigenvalue weighted by molar-refractivity contribution is 7.86. The number of aliphatic imine (C=N–C) groups is 1. The molecule has 38 heteroatoms. The predicted octanol–water partition coefficient (Wildman–Crippen LogP) is 8.87. The number of pyridine rings is 2. The zero-order valence-electron chi connectivity index (χ0n) is 57.6. The molecule has 1 saturated heterocycles. The van der Waals surface area contributed by atoms with Gasteiger partial charge in [-0.05, 0) is 164 Å². The summed E-state index contributed by atoms with van der Waals surface area (Å²) in [5, 5.41) is 13.5. The molecule has 31 nitrogen and oxygen atoms in total. The van der Waals surface area contributed by atoms with Crippen LogP contribution in [0.15, 0.2) is 89.9 Å². The van der Waals surface area contributed by atoms with E-state index in [2.05, 4.69) is 121 Å². The third kappa shape index (κ3) is 31.5. The van der Waals surface area contributed by atoms with E-state index >= 15 is 0 Å². The first kappa shape index (κ1) is 91.8. The van der Waals surface area contributed by atoms with Gasteiger partial charge in [-0.3, -0.25) is 33.1 Å². The van der Waals surface area contributed by atoms with E-state index in [1.807, 2.05) is 52.0 Å². The van der Waals surface area contributed by atoms with Gasteiger partial charge in [0.05, 0.1) is 23.5 Å². The van der Waals surface area contributed by atoms with Crippen LogP contribution in [0.4, 0.5) is 11.4 Å². The van der Waals surface area contributed by atoms with E-state index in [1.165, 1.54) is 33.3 Å². The minimum atomic E-state index is -3.11. The van der Waals surface area contributed by atoms with Gasteiger partial charge in [0.15, 0.2) is 28.8 Å². The quantitative estimate of drug-likeness (QED) is 0.0322. The summed E-state index contributed by atoms with van der Waals surface area (Å²) >= 11 is 0. The van der Waals surface area contributed by atoms with E-state index in [0.717, 1.165) is 89.5 Å². The molecular formula is C65H77N4O27S7+. The van der Waals surface area contributed by atoms with Crippen molar-refractivity contribution in [2.24, 2.45) is 4.99 Å². The molecule has 0 atom stereocenters. The van der Waals surface area contributed by atoms with Crippen molar-refractivity contribution >= 4 is 147 Å². The average Bonchev–Trinajstić information content (AvgIpc) is 1.60. The largest absolute Gasteiger partial charge is 0.481 e. The first-order valence-electron chi connectivity index (χ1n) is 31.1. The highest BCUT2D eigenvalue weighted by atomic mass is 32.2. The van der Waals surface area contributed by atoms with Crippen molar-refractivity contribution in [3.63, 3.8) is 0 Å². The van der Waals surface area contributed by atoms with Gasteiger partial charge in [-0.15, -0.1) is 75.8 Å². The molecule has 1 fully saturated rings. The van der Waals surface area contributed by atoms with Gasteiger partial charge >= 0.3 is 69.6 Å². The number of hydrogen-bond donors (Lipinski definition) is 1. The van der Waals surface area contributed by atoms with Crippen molar-refractivity contribution in [1.82, 2.24) is 9.97 Å². The molecule has 0 spiro atoms. The normalized spacial score (nSPS) is 13.2. The fourth-order valence-corrected chi connectivity index (χ4v) is 11.7. The van der Waals surface area contributed by atoms with Crippen molar-refractivity contribution in [3.05, 3.63) is 119 Å². The third-order valence-corrected chi connectivity index (χ3v) is 16.8. The molecule has 1 N–H and O–H groups in total. The summed E-state index contributed by atoms with van der Waals surface area (Å²) in [4.78, 5) is 75.3. The summed E-state index contributed by atoms with van der Waals surface area (Å²) in [5.74, 6) is -0.650. The molecule has 3 aliphatic heterocycles. The number of carboxylic acid groups (broad SMARTS) is 1. The first-order chi connectivity index (χ1) is 47.9. The number of Topliss-reactive ketones (excluding diaryl/α,β-unsaturated/α-hetero) is 4. The van der Waals surface area contributed by atoms with Crippen molar-refractivity contribution in [3.8, 4) is 22.3 Å². The Kier molecular flexibility index (Phi) is 39.5. The maximum Gasteiger partial charge on any atom is 0.425 e. The Hall–Kier alpha value is -9.18. The van der Waals surface area contributed by atoms with Gasteiger partial charge in [-0.1, -0.05) is 71.9 Å². The number of carboxylic acids is 1. The lowest BCUT2D eigenvalue weighted by Gasteiger charge is -2.22. The molecule has 560 valence electrons. The Bertz CT molecular complexity index is 4720. The molecule has 0 saturated carbocycles. The molecule has 0 radical (unpaired) electrons. The van der Waals surface area contributed by atoms with Gasteiger partial charge in [0.2, 0.25) is 5.69 Å². The maximum atomic E-state index is 12.8. The van der Waals surface area contributed by atoms with Crippen LogP contribution in [0.3, 0.4) is 0 Å². The Balaban J connectivity index is 0.000000737. The van der Waals surface area contributed by atoms with Crippen LogP contribution in [0.25, 0.3) is 43.8 Å². The average molecular weight is 1570 g/mol. The maximum absolute atomic E-state index is 12.8. The number of aromatic nitrogens is 2. The topological polar surface area (TPSA) is 497 Å². The summed E-state index contributed by atoms with van der Waals surface area (Å²) in [6.45, 7) is 22.3. The monoisotopic (exact) mass is 1570 g/mol. The lowest BCUT2D eigenvalue weighted by molar-refractivity contribution is -0.439. The number of carbonyl (C=O) groups is 5. The zero-order valence-corrected chi connectivity index (χ0v) is 63.3. The summed E-state index contributed by atoms with van der Waals surface area (Å²) in [5.41, 5.74) is 12.1. The molecule has 9 rings (SSSR count). The van der Waals surface area contributed by atoms with Crippen molar-refractivity contribution in [2.75, 3.05) is 18.9 Å². The van der Waals surface area contributed by atoms with E-state index in [0.29, 0.717) is 67.9 Å². The molecule has 0 amide bonds. The first-order valence-corrected chi connectivity index (χ1v) is 38.7. The van der Waals surface area contributed by atoms with E-state index in [9.17, 15) is 32.4 Å². The second-order valence-electron chi connectivity index (χ2n) is 23.3. The second kappa shape index (κ2) is 44.4. The van der Waals surface area contributed by atoms with Crippen LogP contribution >= 0.6 is 0 Å². The fourth-order valence-electron chi connectivity index (χ4n) is 10.7. The second-order valence-corrected chi connectivity index (χ2v) is 27.5. The van der Waals surface area contributed by atoms with Gasteiger partial charge < -0.3 is 5.11 Å². The van der Waals surface area contributed by atoms with Gasteiger partial charge in [0, 0.05) is 68.2 Å². The number of carbonyl (C=O) groups excluding carboxylic acids is 4. The SMILES string of the molecule is CCCC(=O)c1cc(-c2ccc3c4c(ccc3c2)N=C(C)C4(C)C)cc(C(=O)CCC)n1.CCCC(=O)c1cc(-c2ccc3c4c(ccc3c2)[N+](CCCCCC(=O)O)=C(C)C4(C)C)cc(C(=O)CCC)n1.O=S(=O)=O.O=S(=O)=O.O=S(=O)=O.O=S(=O)=O.O=S(=O)=O.O=S(=O)=O.O=S1(=O)CCCO1.